The van der Waals surface area contributed by atoms with E-state index in [4.69, 9.17) is 14.6 Å². The van der Waals surface area contributed by atoms with Crippen LogP contribution in [-0.2, 0) is 14.3 Å². The van der Waals surface area contributed by atoms with Gasteiger partial charge in [0.15, 0.2) is 6.61 Å². The first-order valence-corrected chi connectivity index (χ1v) is 7.32. The number of hydrogen-bond acceptors (Lipinski definition) is 5. The summed E-state index contributed by atoms with van der Waals surface area (Å²) in [5.41, 5.74) is 1.39. The number of hydrogen-bond donors (Lipinski definition) is 3. The lowest BCUT2D eigenvalue weighted by Gasteiger charge is -2.28. The molecule has 1 aromatic rings. The lowest BCUT2D eigenvalue weighted by Crippen LogP contribution is -2.45. The van der Waals surface area contributed by atoms with Gasteiger partial charge < -0.3 is 25.2 Å². The fraction of sp³-hybridized carbons (Fsp3) is 0.312. The Bertz CT molecular complexity index is 680. The normalized spacial score (nSPS) is 16.9. The van der Waals surface area contributed by atoms with E-state index in [0.29, 0.717) is 22.6 Å². The first-order chi connectivity index (χ1) is 11.4. The number of urea groups is 1. The molecule has 3 N–H and O–H groups in total. The van der Waals surface area contributed by atoms with Gasteiger partial charge in [-0.15, -0.1) is 0 Å². The molecule has 0 aromatic heterocycles. The van der Waals surface area contributed by atoms with Crippen LogP contribution >= 0.6 is 0 Å². The predicted octanol–water partition coefficient (Wildman–Crippen LogP) is 1.34. The quantitative estimate of drug-likeness (QED) is 0.677. The fourth-order valence-corrected chi connectivity index (χ4v) is 2.32. The Morgan fingerprint density at radius 3 is 2.50 bits per heavy atom. The zero-order chi connectivity index (χ0) is 17.7. The second-order valence-corrected chi connectivity index (χ2v) is 5.04. The molecule has 1 heterocycles. The average Bonchev–Trinajstić information content (AvgIpc) is 2.52. The summed E-state index contributed by atoms with van der Waals surface area (Å²) in [5.74, 6) is -1.22. The van der Waals surface area contributed by atoms with Crippen molar-refractivity contribution in [2.45, 2.75) is 19.9 Å². The van der Waals surface area contributed by atoms with Gasteiger partial charge in [0, 0.05) is 5.70 Å². The monoisotopic (exact) mass is 334 g/mol. The van der Waals surface area contributed by atoms with Crippen molar-refractivity contribution < 1.29 is 29.0 Å². The first kappa shape index (κ1) is 17.3. The number of allylic oxidation sites excluding steroid dienone is 1. The third-order valence-electron chi connectivity index (χ3n) is 3.34. The number of rotatable bonds is 6. The van der Waals surface area contributed by atoms with Crippen molar-refractivity contribution in [2.24, 2.45) is 0 Å². The summed E-state index contributed by atoms with van der Waals surface area (Å²) in [6, 6.07) is 5.37. The van der Waals surface area contributed by atoms with Gasteiger partial charge in [-0.1, -0.05) is 12.1 Å². The molecule has 8 heteroatoms. The maximum absolute atomic E-state index is 12.2. The number of carbonyl (C=O) groups excluding carboxylic acids is 2. The Balaban J connectivity index is 2.26. The van der Waals surface area contributed by atoms with E-state index in [9.17, 15) is 14.4 Å². The molecule has 0 unspecified atom stereocenters. The Labute approximate surface area is 138 Å². The molecule has 8 nitrogen and oxygen atoms in total. The summed E-state index contributed by atoms with van der Waals surface area (Å²) in [5, 5.41) is 13.8. The van der Waals surface area contributed by atoms with Crippen molar-refractivity contribution in [3.8, 4) is 5.75 Å². The van der Waals surface area contributed by atoms with E-state index in [2.05, 4.69) is 10.6 Å². The number of amides is 2. The van der Waals surface area contributed by atoms with Crippen LogP contribution in [0.15, 0.2) is 35.5 Å². The van der Waals surface area contributed by atoms with Crippen LogP contribution in [0.4, 0.5) is 4.79 Å². The number of esters is 1. The molecule has 128 valence electrons. The van der Waals surface area contributed by atoms with Gasteiger partial charge in [-0.2, -0.15) is 0 Å². The number of benzene rings is 1. The van der Waals surface area contributed by atoms with Crippen molar-refractivity contribution in [1.29, 1.82) is 0 Å². The summed E-state index contributed by atoms with van der Waals surface area (Å²) in [6.45, 7) is 3.10. The highest BCUT2D eigenvalue weighted by Gasteiger charge is 2.32. The average molecular weight is 334 g/mol. The summed E-state index contributed by atoms with van der Waals surface area (Å²) in [4.78, 5) is 34.4. The van der Waals surface area contributed by atoms with Crippen LogP contribution in [0.25, 0.3) is 0 Å². The molecule has 2 amide bonds. The van der Waals surface area contributed by atoms with Gasteiger partial charge in [0.25, 0.3) is 0 Å². The summed E-state index contributed by atoms with van der Waals surface area (Å²) in [6.07, 6.45) is 0. The van der Waals surface area contributed by atoms with Gasteiger partial charge in [0.1, 0.15) is 5.75 Å². The number of carboxylic acid groups (broad SMARTS) is 1. The predicted molar refractivity (Wildman–Crippen MR) is 83.3 cm³/mol. The van der Waals surface area contributed by atoms with Crippen LogP contribution in [0.1, 0.15) is 25.5 Å². The Kier molecular flexibility index (Phi) is 5.41. The Hall–Kier alpha value is -3.03. The standard InChI is InChI=1S/C16H18N2O6/c1-3-23-15(21)13-9(2)17-16(22)18-14(13)10-4-6-11(7-5-10)24-8-12(19)20/h4-7,14H,3,8H2,1-2H3,(H,19,20)(H2,17,18,22)/t14-/m1/s1. The highest BCUT2D eigenvalue weighted by molar-refractivity contribution is 5.95. The van der Waals surface area contributed by atoms with E-state index in [-0.39, 0.29) is 6.61 Å². The molecular formula is C16H18N2O6. The molecule has 1 atom stereocenters. The topological polar surface area (TPSA) is 114 Å². The van der Waals surface area contributed by atoms with E-state index >= 15 is 0 Å². The van der Waals surface area contributed by atoms with Gasteiger partial charge in [-0.3, -0.25) is 0 Å². The molecule has 0 saturated carbocycles. The maximum Gasteiger partial charge on any atom is 0.341 e. The Morgan fingerprint density at radius 2 is 1.92 bits per heavy atom. The highest BCUT2D eigenvalue weighted by Crippen LogP contribution is 2.28. The van der Waals surface area contributed by atoms with Crippen LogP contribution in [0.3, 0.4) is 0 Å². The summed E-state index contributed by atoms with van der Waals surface area (Å²) < 4.78 is 10.1. The smallest absolute Gasteiger partial charge is 0.341 e. The van der Waals surface area contributed by atoms with Crippen LogP contribution in [0.5, 0.6) is 5.75 Å². The molecule has 2 rings (SSSR count). The van der Waals surface area contributed by atoms with Gasteiger partial charge >= 0.3 is 18.0 Å². The molecule has 0 aliphatic carbocycles. The minimum absolute atomic E-state index is 0.220. The minimum Gasteiger partial charge on any atom is -0.482 e. The van der Waals surface area contributed by atoms with E-state index < -0.39 is 30.6 Å². The van der Waals surface area contributed by atoms with Crippen LogP contribution in [0.2, 0.25) is 0 Å². The zero-order valence-electron chi connectivity index (χ0n) is 13.3. The molecular weight excluding hydrogens is 316 g/mol. The molecule has 1 aliphatic heterocycles. The third-order valence-corrected chi connectivity index (χ3v) is 3.34. The van der Waals surface area contributed by atoms with Gasteiger partial charge in [0.05, 0.1) is 18.2 Å². The second-order valence-electron chi connectivity index (χ2n) is 5.04. The molecule has 24 heavy (non-hydrogen) atoms. The fourth-order valence-electron chi connectivity index (χ4n) is 2.32. The Morgan fingerprint density at radius 1 is 1.25 bits per heavy atom. The molecule has 1 aromatic carbocycles. The maximum atomic E-state index is 12.2. The van der Waals surface area contributed by atoms with Crippen LogP contribution in [0, 0.1) is 0 Å². The first-order valence-electron chi connectivity index (χ1n) is 7.32. The van der Waals surface area contributed by atoms with Crippen molar-refractivity contribution in [3.05, 3.63) is 41.1 Å². The van der Waals surface area contributed by atoms with Crippen molar-refractivity contribution in [1.82, 2.24) is 10.6 Å². The molecule has 0 spiro atoms. The van der Waals surface area contributed by atoms with Gasteiger partial charge in [0.2, 0.25) is 0 Å². The van der Waals surface area contributed by atoms with Crippen molar-refractivity contribution in [3.63, 3.8) is 0 Å². The summed E-state index contributed by atoms with van der Waals surface area (Å²) in [7, 11) is 0. The summed E-state index contributed by atoms with van der Waals surface area (Å²) >= 11 is 0. The number of carboxylic acids is 1. The van der Waals surface area contributed by atoms with Gasteiger partial charge in [-0.05, 0) is 31.5 Å². The largest absolute Gasteiger partial charge is 0.482 e. The molecule has 0 radical (unpaired) electrons. The van der Waals surface area contributed by atoms with E-state index in [1.165, 1.54) is 0 Å². The second kappa shape index (κ2) is 7.49. The SMILES string of the molecule is CCOC(=O)C1=C(C)NC(=O)N[C@@H]1c1ccc(OCC(=O)O)cc1. The number of nitrogens with one attached hydrogen (secondary N) is 2. The van der Waals surface area contributed by atoms with Crippen LogP contribution < -0.4 is 15.4 Å². The number of carbonyl (C=O) groups is 3. The molecule has 0 bridgehead atoms. The molecule has 1 aliphatic rings. The molecule has 0 saturated heterocycles. The number of aliphatic carboxylic acids is 1. The van der Waals surface area contributed by atoms with Crippen molar-refractivity contribution >= 4 is 18.0 Å². The van der Waals surface area contributed by atoms with Gasteiger partial charge in [-0.25, -0.2) is 14.4 Å². The third kappa shape index (κ3) is 4.03. The van der Waals surface area contributed by atoms with E-state index in [1.807, 2.05) is 0 Å². The number of ether oxygens (including phenoxy) is 2. The van der Waals surface area contributed by atoms with Crippen molar-refractivity contribution in [2.75, 3.05) is 13.2 Å². The van der Waals surface area contributed by atoms with Crippen LogP contribution in [-0.4, -0.2) is 36.3 Å². The lowest BCUT2D eigenvalue weighted by atomic mass is 9.95. The minimum atomic E-state index is -1.08. The molecule has 0 fully saturated rings. The van der Waals surface area contributed by atoms with E-state index in [1.54, 1.807) is 38.1 Å². The highest BCUT2D eigenvalue weighted by atomic mass is 16.5. The zero-order valence-corrected chi connectivity index (χ0v) is 13.3. The lowest BCUT2D eigenvalue weighted by molar-refractivity contribution is -0.140. The van der Waals surface area contributed by atoms with E-state index in [0.717, 1.165) is 0 Å².